The molecule has 1 heterocycles. The van der Waals surface area contributed by atoms with E-state index in [1.807, 2.05) is 0 Å². The van der Waals surface area contributed by atoms with Crippen LogP contribution in [0.4, 0.5) is 29.3 Å². The Bertz CT molecular complexity index is 1300. The molecule has 3 rings (SSSR count). The average Bonchev–Trinajstić information content (AvgIpc) is 2.84. The molecule has 39 heavy (non-hydrogen) atoms. The second-order valence-electron chi connectivity index (χ2n) is 9.56. The van der Waals surface area contributed by atoms with Gasteiger partial charge >= 0.3 is 12.2 Å². The standard InChI is InChI=1S/C25H31F3N4O6S/c1-15-12-32(16(2)14-33)23(34)19-6-5-7-20(30-39(4,36)37)22(19)38-21(15)13-31(3)24(35)29-18-10-8-17(9-11-18)25(26,27)28/h5-11,15-16,21,30,33H,12-14H2,1-4H3,(H,29,35)/t15-,16-,21+/m0/s1. The van der Waals surface area contributed by atoms with Crippen molar-refractivity contribution >= 4 is 33.3 Å². The number of ether oxygens (including phenoxy) is 1. The van der Waals surface area contributed by atoms with Gasteiger partial charge in [0.2, 0.25) is 10.0 Å². The number of carbonyl (C=O) groups is 2. The van der Waals surface area contributed by atoms with Crippen LogP contribution in [-0.2, 0) is 16.2 Å². The zero-order valence-electron chi connectivity index (χ0n) is 21.8. The first-order valence-corrected chi connectivity index (χ1v) is 13.9. The number of hydrogen-bond acceptors (Lipinski definition) is 6. The number of nitrogens with one attached hydrogen (secondary N) is 2. The SMILES string of the molecule is C[C@H]1CN([C@@H](C)CO)C(=O)c2cccc(NS(C)(=O)=O)c2O[C@@H]1CN(C)C(=O)Nc1ccc(C(F)(F)F)cc1. The summed E-state index contributed by atoms with van der Waals surface area (Å²) in [5.74, 6) is -0.859. The van der Waals surface area contributed by atoms with Gasteiger partial charge in [-0.1, -0.05) is 13.0 Å². The first-order chi connectivity index (χ1) is 18.1. The van der Waals surface area contributed by atoms with Gasteiger partial charge in [-0.3, -0.25) is 9.52 Å². The molecule has 2 aromatic carbocycles. The van der Waals surface area contributed by atoms with Crippen molar-refractivity contribution < 1.29 is 41.0 Å². The maximum atomic E-state index is 13.4. The van der Waals surface area contributed by atoms with E-state index in [-0.39, 0.29) is 48.3 Å². The number of benzene rings is 2. The monoisotopic (exact) mass is 572 g/mol. The van der Waals surface area contributed by atoms with E-state index in [9.17, 15) is 36.3 Å². The number of halogens is 3. The van der Waals surface area contributed by atoms with Gasteiger partial charge in [-0.2, -0.15) is 13.2 Å². The van der Waals surface area contributed by atoms with Crippen molar-refractivity contribution in [2.24, 2.45) is 5.92 Å². The molecule has 0 bridgehead atoms. The average molecular weight is 573 g/mol. The van der Waals surface area contributed by atoms with Crippen LogP contribution >= 0.6 is 0 Å². The lowest BCUT2D eigenvalue weighted by Gasteiger charge is -2.38. The summed E-state index contributed by atoms with van der Waals surface area (Å²) in [6.07, 6.45) is -4.29. The zero-order chi connectivity index (χ0) is 29.1. The van der Waals surface area contributed by atoms with E-state index in [4.69, 9.17) is 4.74 Å². The van der Waals surface area contributed by atoms with Crippen LogP contribution in [0.25, 0.3) is 0 Å². The topological polar surface area (TPSA) is 128 Å². The van der Waals surface area contributed by atoms with Crippen LogP contribution < -0.4 is 14.8 Å². The lowest BCUT2D eigenvalue weighted by molar-refractivity contribution is -0.137. The van der Waals surface area contributed by atoms with Crippen molar-refractivity contribution in [2.75, 3.05) is 43.0 Å². The van der Waals surface area contributed by atoms with Gasteiger partial charge < -0.3 is 25.0 Å². The number of anilines is 2. The fraction of sp³-hybridized carbons (Fsp3) is 0.440. The number of sulfonamides is 1. The van der Waals surface area contributed by atoms with E-state index in [0.717, 1.165) is 30.5 Å². The first-order valence-electron chi connectivity index (χ1n) is 12.0. The Kier molecular flexibility index (Phi) is 9.01. The molecule has 0 saturated heterocycles. The molecule has 0 fully saturated rings. The fourth-order valence-electron chi connectivity index (χ4n) is 4.06. The molecule has 0 aromatic heterocycles. The minimum absolute atomic E-state index is 0.0174. The predicted octanol–water partition coefficient (Wildman–Crippen LogP) is 3.46. The van der Waals surface area contributed by atoms with Crippen LogP contribution in [0, 0.1) is 5.92 Å². The smallest absolute Gasteiger partial charge is 0.416 e. The number of rotatable bonds is 7. The Labute approximate surface area is 224 Å². The summed E-state index contributed by atoms with van der Waals surface area (Å²) in [7, 11) is -2.27. The van der Waals surface area contributed by atoms with Crippen molar-refractivity contribution in [2.45, 2.75) is 32.2 Å². The number of para-hydroxylation sites is 1. The number of urea groups is 1. The third kappa shape index (κ3) is 7.53. The molecular formula is C25H31F3N4O6S. The van der Waals surface area contributed by atoms with Crippen LogP contribution in [-0.4, -0.2) is 80.4 Å². The van der Waals surface area contributed by atoms with Gasteiger partial charge in [0.05, 0.1) is 42.3 Å². The Morgan fingerprint density at radius 2 is 1.87 bits per heavy atom. The molecular weight excluding hydrogens is 541 g/mol. The number of carbonyl (C=O) groups excluding carboxylic acids is 2. The van der Waals surface area contributed by atoms with Crippen molar-refractivity contribution in [3.63, 3.8) is 0 Å². The highest BCUT2D eigenvalue weighted by Gasteiger charge is 2.35. The molecule has 0 unspecified atom stereocenters. The summed E-state index contributed by atoms with van der Waals surface area (Å²) in [6, 6.07) is 7.25. The van der Waals surface area contributed by atoms with Gasteiger partial charge in [-0.15, -0.1) is 0 Å². The largest absolute Gasteiger partial charge is 0.485 e. The molecule has 1 aliphatic heterocycles. The van der Waals surface area contributed by atoms with Crippen molar-refractivity contribution in [3.8, 4) is 5.75 Å². The third-order valence-corrected chi connectivity index (χ3v) is 6.84. The maximum absolute atomic E-state index is 13.4. The Morgan fingerprint density at radius 3 is 2.44 bits per heavy atom. The highest BCUT2D eigenvalue weighted by atomic mass is 32.2. The minimum Gasteiger partial charge on any atom is -0.485 e. The maximum Gasteiger partial charge on any atom is 0.416 e. The van der Waals surface area contributed by atoms with Crippen LogP contribution in [0.1, 0.15) is 29.8 Å². The van der Waals surface area contributed by atoms with Gasteiger partial charge in [0, 0.05) is 25.2 Å². The zero-order valence-corrected chi connectivity index (χ0v) is 22.6. The quantitative estimate of drug-likeness (QED) is 0.466. The molecule has 0 aliphatic carbocycles. The second-order valence-corrected chi connectivity index (χ2v) is 11.3. The first kappa shape index (κ1) is 30.0. The second kappa shape index (κ2) is 11.7. The summed E-state index contributed by atoms with van der Waals surface area (Å²) in [5.41, 5.74) is -0.572. The van der Waals surface area contributed by atoms with Gasteiger partial charge in [-0.05, 0) is 43.3 Å². The molecule has 214 valence electrons. The van der Waals surface area contributed by atoms with Gasteiger partial charge in [-0.25, -0.2) is 13.2 Å². The summed E-state index contributed by atoms with van der Waals surface area (Å²) in [6.45, 7) is 3.30. The van der Waals surface area contributed by atoms with Crippen LogP contribution in [0.3, 0.4) is 0 Å². The Balaban J connectivity index is 1.89. The van der Waals surface area contributed by atoms with Gasteiger partial charge in [0.25, 0.3) is 5.91 Å². The third-order valence-electron chi connectivity index (χ3n) is 6.25. The molecule has 0 saturated carbocycles. The molecule has 3 amide bonds. The summed E-state index contributed by atoms with van der Waals surface area (Å²) < 4.78 is 71.0. The molecule has 14 heteroatoms. The number of likely N-dealkylation sites (N-methyl/N-ethyl adjacent to an activating group) is 1. The number of nitrogens with zero attached hydrogens (tertiary/aromatic N) is 2. The molecule has 1 aliphatic rings. The van der Waals surface area contributed by atoms with Gasteiger partial charge in [0.1, 0.15) is 6.10 Å². The normalized spacial score (nSPS) is 18.8. The highest BCUT2D eigenvalue weighted by Crippen LogP contribution is 2.35. The molecule has 3 N–H and O–H groups in total. The van der Waals surface area contributed by atoms with Crippen molar-refractivity contribution in [1.29, 1.82) is 0 Å². The van der Waals surface area contributed by atoms with E-state index >= 15 is 0 Å². The number of aliphatic hydroxyl groups is 1. The number of fused-ring (bicyclic) bond motifs is 1. The molecule has 3 atom stereocenters. The molecule has 10 nitrogen and oxygen atoms in total. The fourth-order valence-corrected chi connectivity index (χ4v) is 4.62. The van der Waals surface area contributed by atoms with Crippen molar-refractivity contribution in [1.82, 2.24) is 9.80 Å². The number of alkyl halides is 3. The molecule has 0 spiro atoms. The molecule has 0 radical (unpaired) electrons. The van der Waals surface area contributed by atoms with E-state index < -0.39 is 45.8 Å². The Morgan fingerprint density at radius 1 is 1.23 bits per heavy atom. The van der Waals surface area contributed by atoms with Crippen LogP contribution in [0.2, 0.25) is 0 Å². The van der Waals surface area contributed by atoms with Gasteiger partial charge in [0.15, 0.2) is 5.75 Å². The van der Waals surface area contributed by atoms with Crippen molar-refractivity contribution in [3.05, 3.63) is 53.6 Å². The summed E-state index contributed by atoms with van der Waals surface area (Å²) in [4.78, 5) is 29.0. The van der Waals surface area contributed by atoms with Crippen LogP contribution in [0.5, 0.6) is 5.75 Å². The minimum atomic E-state index is -4.51. The summed E-state index contributed by atoms with van der Waals surface area (Å²) >= 11 is 0. The Hall–Kier alpha value is -3.52. The van der Waals surface area contributed by atoms with E-state index in [0.29, 0.717) is 0 Å². The number of hydrogen-bond donors (Lipinski definition) is 3. The summed E-state index contributed by atoms with van der Waals surface area (Å²) in [5, 5.41) is 12.3. The van der Waals surface area contributed by atoms with E-state index in [2.05, 4.69) is 10.0 Å². The van der Waals surface area contributed by atoms with E-state index in [1.165, 1.54) is 35.0 Å². The molecule has 2 aromatic rings. The van der Waals surface area contributed by atoms with Crippen LogP contribution in [0.15, 0.2) is 42.5 Å². The number of aliphatic hydroxyl groups excluding tert-OH is 1. The lowest BCUT2D eigenvalue weighted by Crippen LogP contribution is -2.50. The lowest BCUT2D eigenvalue weighted by atomic mass is 9.99. The van der Waals surface area contributed by atoms with E-state index in [1.54, 1.807) is 13.8 Å². The number of amides is 3. The predicted molar refractivity (Wildman–Crippen MR) is 139 cm³/mol. The highest BCUT2D eigenvalue weighted by molar-refractivity contribution is 7.92.